The highest BCUT2D eigenvalue weighted by atomic mass is 32.2. The molecule has 280 valence electrons. The number of methoxy groups -OCH3 is 2. The highest BCUT2D eigenvalue weighted by Gasteiger charge is 2.60. The molecular formula is C38H41N3O11S. The maximum absolute atomic E-state index is 14.6. The van der Waals surface area contributed by atoms with E-state index in [0.29, 0.717) is 70.2 Å². The number of aromatic hydroxyl groups is 2. The number of thioether (sulfide) groups is 1. The zero-order chi connectivity index (χ0) is 37.1. The topological polar surface area (TPSA) is 178 Å². The lowest BCUT2D eigenvalue weighted by atomic mass is 9.74. The van der Waals surface area contributed by atoms with Gasteiger partial charge in [0.15, 0.2) is 40.0 Å². The van der Waals surface area contributed by atoms with Crippen LogP contribution in [0.15, 0.2) is 18.2 Å². The van der Waals surface area contributed by atoms with Gasteiger partial charge in [0.2, 0.25) is 6.79 Å². The Morgan fingerprint density at radius 3 is 2.57 bits per heavy atom. The number of hydrogen-bond donors (Lipinski definition) is 5. The Balaban J connectivity index is 1.31. The third-order valence-electron chi connectivity index (χ3n) is 11.8. The average molecular weight is 748 g/mol. The fraction of sp³-hybridized carbons (Fsp3) is 0.474. The highest BCUT2D eigenvalue weighted by Crippen LogP contribution is 2.63. The molecule has 0 unspecified atom stereocenters. The first-order valence-corrected chi connectivity index (χ1v) is 18.7. The molecule has 3 aromatic carbocycles. The van der Waals surface area contributed by atoms with Crippen molar-refractivity contribution < 1.29 is 53.3 Å². The van der Waals surface area contributed by atoms with Gasteiger partial charge in [-0.15, -0.1) is 11.8 Å². The number of aryl methyl sites for hydroxylation is 1. The molecule has 10 rings (SSSR count). The van der Waals surface area contributed by atoms with Gasteiger partial charge in [-0.25, -0.2) is 4.79 Å². The predicted molar refractivity (Wildman–Crippen MR) is 190 cm³/mol. The van der Waals surface area contributed by atoms with Crippen LogP contribution >= 0.6 is 11.8 Å². The summed E-state index contributed by atoms with van der Waals surface area (Å²) >= 11 is 1.45. The normalized spacial score (nSPS) is 29.4. The smallest absolute Gasteiger partial charge is 0.331 e. The van der Waals surface area contributed by atoms with Gasteiger partial charge in [0.05, 0.1) is 37.6 Å². The second-order valence-corrected chi connectivity index (χ2v) is 15.6. The number of ether oxygens (including phenoxy) is 6. The minimum atomic E-state index is -1.36. The molecule has 0 aromatic heterocycles. The lowest BCUT2D eigenvalue weighted by Gasteiger charge is -2.59. The largest absolute Gasteiger partial charge is 0.504 e. The Kier molecular flexibility index (Phi) is 7.98. The molecule has 53 heavy (non-hydrogen) atoms. The summed E-state index contributed by atoms with van der Waals surface area (Å²) in [6.07, 6.45) is -0.0673. The van der Waals surface area contributed by atoms with Crippen LogP contribution in [0.4, 0.5) is 0 Å². The van der Waals surface area contributed by atoms with Gasteiger partial charge in [-0.1, -0.05) is 6.07 Å². The molecule has 5 N–H and O–H groups in total. The molecule has 7 heterocycles. The molecule has 7 aliphatic rings. The van der Waals surface area contributed by atoms with Crippen molar-refractivity contribution in [2.24, 2.45) is 0 Å². The van der Waals surface area contributed by atoms with Crippen molar-refractivity contribution in [3.63, 3.8) is 0 Å². The number of fused-ring (bicyclic) bond motifs is 9. The molecule has 4 bridgehead atoms. The summed E-state index contributed by atoms with van der Waals surface area (Å²) in [5.74, 6) is 0.890. The third-order valence-corrected chi connectivity index (χ3v) is 13.2. The number of piperazine rings is 1. The van der Waals surface area contributed by atoms with E-state index in [9.17, 15) is 24.9 Å². The van der Waals surface area contributed by atoms with E-state index < -0.39 is 53.1 Å². The average Bonchev–Trinajstić information content (AvgIpc) is 3.63. The number of nitrogens with one attached hydrogen (secondary N) is 2. The zero-order valence-corrected chi connectivity index (χ0v) is 30.7. The first-order valence-electron chi connectivity index (χ1n) is 17.7. The highest BCUT2D eigenvalue weighted by molar-refractivity contribution is 7.99. The summed E-state index contributed by atoms with van der Waals surface area (Å²) in [6.45, 7) is 5.23. The van der Waals surface area contributed by atoms with Crippen molar-refractivity contribution in [1.82, 2.24) is 15.5 Å². The van der Waals surface area contributed by atoms with E-state index in [0.717, 1.165) is 16.7 Å². The van der Waals surface area contributed by atoms with E-state index in [2.05, 4.69) is 10.6 Å². The quantitative estimate of drug-likeness (QED) is 0.195. The SMILES string of the molecule is COc1cc2c(cc1O)CCN[C@@]21CS[C@@H]2c3c(OC(C)=O)c(C)c4c(c3[C@H](COC1=O)N1[C@@H]2[C@@H]2N[C@@H](Cc3cc(C)c(OC)c(O)c32)[C@@H]1O)OCO4. The summed E-state index contributed by atoms with van der Waals surface area (Å²) in [4.78, 5) is 29.4. The zero-order valence-electron chi connectivity index (χ0n) is 29.9. The van der Waals surface area contributed by atoms with Crippen LogP contribution in [0.1, 0.15) is 68.8 Å². The van der Waals surface area contributed by atoms with Crippen LogP contribution in [0.3, 0.4) is 0 Å². The molecule has 3 aromatic rings. The number of carbonyl (C=O) groups excluding carboxylic acids is 2. The molecule has 2 saturated heterocycles. The molecule has 0 radical (unpaired) electrons. The molecule has 7 aliphatic heterocycles. The van der Waals surface area contributed by atoms with Gasteiger partial charge < -0.3 is 49.1 Å². The van der Waals surface area contributed by atoms with Crippen molar-refractivity contribution in [2.45, 2.75) is 74.8 Å². The number of phenolic OH excluding ortho intramolecular Hbond substituents is 2. The van der Waals surface area contributed by atoms with Crippen molar-refractivity contribution >= 4 is 23.7 Å². The van der Waals surface area contributed by atoms with Crippen LogP contribution in [0.25, 0.3) is 0 Å². The van der Waals surface area contributed by atoms with Gasteiger partial charge in [0.25, 0.3) is 0 Å². The molecule has 0 saturated carbocycles. The van der Waals surface area contributed by atoms with Crippen LogP contribution in [0.5, 0.6) is 40.2 Å². The number of aliphatic hydroxyl groups is 1. The second-order valence-electron chi connectivity index (χ2n) is 14.5. The number of esters is 2. The van der Waals surface area contributed by atoms with Crippen LogP contribution in [0, 0.1) is 13.8 Å². The Morgan fingerprint density at radius 2 is 1.81 bits per heavy atom. The Morgan fingerprint density at radius 1 is 1.02 bits per heavy atom. The number of benzene rings is 3. The summed E-state index contributed by atoms with van der Waals surface area (Å²) in [7, 11) is 2.98. The van der Waals surface area contributed by atoms with Gasteiger partial charge in [-0.3, -0.25) is 15.0 Å². The monoisotopic (exact) mass is 747 g/mol. The van der Waals surface area contributed by atoms with Crippen LogP contribution in [-0.2, 0) is 32.7 Å². The molecular weight excluding hydrogens is 706 g/mol. The van der Waals surface area contributed by atoms with E-state index in [4.69, 9.17) is 28.4 Å². The number of phenols is 2. The molecule has 2 fully saturated rings. The van der Waals surface area contributed by atoms with Crippen molar-refractivity contribution in [3.05, 3.63) is 62.7 Å². The lowest BCUT2D eigenvalue weighted by Crippen LogP contribution is -2.69. The summed E-state index contributed by atoms with van der Waals surface area (Å²) in [5, 5.41) is 41.5. The molecule has 15 heteroatoms. The standard InChI is InChI=1S/C38H41N3O11S/c1-15-8-19-9-21-36(45)41-22-12-49-37(46)38(20-11-24(47-4)23(43)10-18(20)6-7-39-38)13-53-35(29(41)28(40-21)25(19)30(44)31(15)48-5)27-26(22)34-33(50-14-51-34)16(2)32(27)52-17(3)42/h8,10-11,21-22,28-29,35-36,39-40,43-45H,6-7,9,12-14H2,1-5H3/t21-,22-,28+,29+,35+,36-,38-/m0/s1. The van der Waals surface area contributed by atoms with Crippen LogP contribution in [0.2, 0.25) is 0 Å². The summed E-state index contributed by atoms with van der Waals surface area (Å²) in [6, 6.07) is 2.99. The third kappa shape index (κ3) is 4.80. The van der Waals surface area contributed by atoms with E-state index in [1.807, 2.05) is 24.8 Å². The van der Waals surface area contributed by atoms with Gasteiger partial charge in [-0.05, 0) is 61.1 Å². The number of nitrogens with zero attached hydrogens (tertiary/aromatic N) is 1. The number of aliphatic hydroxyl groups excluding tert-OH is 1. The van der Waals surface area contributed by atoms with Gasteiger partial charge in [-0.2, -0.15) is 0 Å². The van der Waals surface area contributed by atoms with Crippen LogP contribution < -0.4 is 34.3 Å². The van der Waals surface area contributed by atoms with Crippen molar-refractivity contribution in [1.29, 1.82) is 0 Å². The van der Waals surface area contributed by atoms with E-state index in [-0.39, 0.29) is 36.4 Å². The maximum atomic E-state index is 14.6. The lowest BCUT2D eigenvalue weighted by molar-refractivity contribution is -0.164. The minimum Gasteiger partial charge on any atom is -0.504 e. The van der Waals surface area contributed by atoms with E-state index in [1.54, 1.807) is 12.1 Å². The van der Waals surface area contributed by atoms with Gasteiger partial charge in [0, 0.05) is 47.5 Å². The maximum Gasteiger partial charge on any atom is 0.331 e. The Hall–Kier alpha value is -4.41. The molecule has 7 atom stereocenters. The van der Waals surface area contributed by atoms with E-state index in [1.165, 1.54) is 32.9 Å². The first kappa shape index (κ1) is 34.4. The molecule has 0 amide bonds. The predicted octanol–water partition coefficient (Wildman–Crippen LogP) is 3.07. The fourth-order valence-corrected chi connectivity index (χ4v) is 11.3. The fourth-order valence-electron chi connectivity index (χ4n) is 9.60. The molecule has 1 spiro atoms. The van der Waals surface area contributed by atoms with Gasteiger partial charge >= 0.3 is 11.9 Å². The summed E-state index contributed by atoms with van der Waals surface area (Å²) < 4.78 is 35.8. The van der Waals surface area contributed by atoms with Gasteiger partial charge in [0.1, 0.15) is 18.6 Å². The van der Waals surface area contributed by atoms with Crippen molar-refractivity contribution in [3.8, 4) is 40.2 Å². The number of hydrogen-bond acceptors (Lipinski definition) is 15. The second kappa shape index (κ2) is 12.3. The van der Waals surface area contributed by atoms with E-state index >= 15 is 0 Å². The minimum absolute atomic E-state index is 0.0210. The Labute approximate surface area is 309 Å². The molecule has 0 aliphatic carbocycles. The number of rotatable bonds is 3. The van der Waals surface area contributed by atoms with Crippen LogP contribution in [-0.4, -0.2) is 90.4 Å². The Bertz CT molecular complexity index is 2090. The molecule has 14 nitrogen and oxygen atoms in total. The first-order chi connectivity index (χ1) is 25.5. The van der Waals surface area contributed by atoms with Crippen molar-refractivity contribution in [2.75, 3.05) is 39.9 Å². The summed E-state index contributed by atoms with van der Waals surface area (Å²) in [5.41, 5.74) is 4.27. The number of carbonyl (C=O) groups is 2.